The third-order valence-corrected chi connectivity index (χ3v) is 12.2. The Hall–Kier alpha value is -1.62. The molecule has 0 bridgehead atoms. The van der Waals surface area contributed by atoms with E-state index in [4.69, 9.17) is 19.2 Å². The lowest BCUT2D eigenvalue weighted by molar-refractivity contribution is -0.282. The van der Waals surface area contributed by atoms with Crippen LogP contribution in [0.1, 0.15) is 78.1 Å². The van der Waals surface area contributed by atoms with E-state index in [-0.39, 0.29) is 41.7 Å². The van der Waals surface area contributed by atoms with Crippen LogP contribution in [-0.2, 0) is 19.0 Å². The number of esters is 1. The molecule has 2 heterocycles. The van der Waals surface area contributed by atoms with Gasteiger partial charge in [-0.1, -0.05) is 13.0 Å². The van der Waals surface area contributed by atoms with E-state index < -0.39 is 41.2 Å². The molecule has 0 radical (unpaired) electrons. The molecule has 0 aromatic heterocycles. The van der Waals surface area contributed by atoms with Gasteiger partial charge in [0, 0.05) is 36.0 Å². The molecular weight excluding hydrogens is 526 g/mol. The quantitative estimate of drug-likeness (QED) is 0.165. The van der Waals surface area contributed by atoms with Gasteiger partial charge in [-0.25, -0.2) is 4.79 Å². The molecule has 6 rings (SSSR count). The standard InChI is InChI=1S/C32H47NO8/c1-4-13-33-18-30-10-5-21(41-27-15-25(34)28(36)19(2)40-27)16-31(30,37)11-7-24-23(30)6-9-29(3)22(8-12-32(24,29)38)20-14-26(35)39-17-20/h4,14,18-19,21-25,27-28,34,36-38H,1,5-13,15-17H2,2-3H3/t19-,21-,22+,23-,24+,25+,27-,28+,29+,30-,31-,32-/m0/s1. The fraction of sp³-hybridized carbons (Fsp3) is 0.812. The minimum atomic E-state index is -1.06. The van der Waals surface area contributed by atoms with Crippen LogP contribution < -0.4 is 0 Å². The summed E-state index contributed by atoms with van der Waals surface area (Å²) >= 11 is 0. The van der Waals surface area contributed by atoms with Crippen LogP contribution in [0.4, 0.5) is 0 Å². The Balaban J connectivity index is 1.26. The number of carbonyl (C=O) groups is 1. The highest BCUT2D eigenvalue weighted by Crippen LogP contribution is 2.70. The zero-order chi connectivity index (χ0) is 29.2. The Kier molecular flexibility index (Phi) is 7.56. The SMILES string of the molecule is C=CCN=C[C@]12CC[C@H](O[C@H]3C[C@@H](O)[C@H](O)[C@H](C)O3)C[C@@]1(O)CC[C@@H]1[C@@H]2CC[C@]2(C)[C@@H](C3=CC(=O)OC3)CC[C@]12O. The maximum Gasteiger partial charge on any atom is 0.331 e. The van der Waals surface area contributed by atoms with Gasteiger partial charge >= 0.3 is 5.97 Å². The van der Waals surface area contributed by atoms with Gasteiger partial charge in [-0.2, -0.15) is 0 Å². The topological polar surface area (TPSA) is 138 Å². The van der Waals surface area contributed by atoms with Crippen molar-refractivity contribution < 1.29 is 39.4 Å². The first kappa shape index (κ1) is 29.5. The Bertz CT molecular complexity index is 1100. The van der Waals surface area contributed by atoms with E-state index in [2.05, 4.69) is 13.5 Å². The van der Waals surface area contributed by atoms with Gasteiger partial charge < -0.3 is 34.6 Å². The van der Waals surface area contributed by atoms with Gasteiger partial charge in [0.1, 0.15) is 12.7 Å². The van der Waals surface area contributed by atoms with Crippen LogP contribution in [0.3, 0.4) is 0 Å². The fourth-order valence-electron chi connectivity index (χ4n) is 10.1. The minimum absolute atomic E-state index is 0.0111. The lowest BCUT2D eigenvalue weighted by atomic mass is 9.41. The summed E-state index contributed by atoms with van der Waals surface area (Å²) in [7, 11) is 0. The largest absolute Gasteiger partial charge is 0.458 e. The predicted octanol–water partition coefficient (Wildman–Crippen LogP) is 2.84. The van der Waals surface area contributed by atoms with E-state index in [1.807, 2.05) is 6.21 Å². The summed E-state index contributed by atoms with van der Waals surface area (Å²) in [6.07, 6.45) is 8.52. The van der Waals surface area contributed by atoms with Crippen molar-refractivity contribution in [2.24, 2.45) is 33.6 Å². The minimum Gasteiger partial charge on any atom is -0.458 e. The van der Waals surface area contributed by atoms with Gasteiger partial charge in [0.2, 0.25) is 0 Å². The number of cyclic esters (lactones) is 1. The summed E-state index contributed by atoms with van der Waals surface area (Å²) in [5, 5.41) is 45.4. The van der Waals surface area contributed by atoms with E-state index >= 15 is 0 Å². The van der Waals surface area contributed by atoms with Crippen LogP contribution in [-0.4, -0.2) is 87.7 Å². The van der Waals surface area contributed by atoms with Crippen molar-refractivity contribution in [3.05, 3.63) is 24.3 Å². The molecule has 0 unspecified atom stereocenters. The molecule has 228 valence electrons. The lowest BCUT2D eigenvalue weighted by Crippen LogP contribution is -2.69. The van der Waals surface area contributed by atoms with Gasteiger partial charge in [0.25, 0.3) is 0 Å². The Labute approximate surface area is 242 Å². The zero-order valence-electron chi connectivity index (χ0n) is 24.4. The molecule has 6 aliphatic rings. The maximum atomic E-state index is 12.6. The first-order valence-electron chi connectivity index (χ1n) is 15.6. The first-order valence-corrected chi connectivity index (χ1v) is 15.6. The summed E-state index contributed by atoms with van der Waals surface area (Å²) in [4.78, 5) is 16.6. The third kappa shape index (κ3) is 4.49. The number of rotatable bonds is 6. The number of aliphatic hydroxyl groups is 4. The molecule has 0 amide bonds. The van der Waals surface area contributed by atoms with Gasteiger partial charge in [0.05, 0.1) is 36.1 Å². The monoisotopic (exact) mass is 573 g/mol. The Morgan fingerprint density at radius 2 is 1.90 bits per heavy atom. The molecule has 0 spiro atoms. The highest BCUT2D eigenvalue weighted by molar-refractivity contribution is 5.85. The lowest BCUT2D eigenvalue weighted by Gasteiger charge is -2.66. The van der Waals surface area contributed by atoms with E-state index in [1.165, 1.54) is 0 Å². The van der Waals surface area contributed by atoms with Gasteiger partial charge in [-0.05, 0) is 81.6 Å². The van der Waals surface area contributed by atoms with Crippen LogP contribution in [0.25, 0.3) is 0 Å². The summed E-state index contributed by atoms with van der Waals surface area (Å²) in [6, 6.07) is 0. The molecule has 9 nitrogen and oxygen atoms in total. The van der Waals surface area contributed by atoms with Crippen molar-refractivity contribution in [1.82, 2.24) is 0 Å². The molecule has 9 heteroatoms. The molecule has 41 heavy (non-hydrogen) atoms. The van der Waals surface area contributed by atoms with E-state index in [9.17, 15) is 25.2 Å². The normalized spacial score (nSPS) is 51.5. The number of aliphatic imine (C=N–C) groups is 1. The third-order valence-electron chi connectivity index (χ3n) is 12.2. The second-order valence-electron chi connectivity index (χ2n) is 14.0. The van der Waals surface area contributed by atoms with Gasteiger partial charge in [-0.3, -0.25) is 4.99 Å². The maximum absolute atomic E-state index is 12.6. The van der Waals surface area contributed by atoms with Crippen LogP contribution in [0, 0.1) is 28.6 Å². The van der Waals surface area contributed by atoms with Gasteiger partial charge in [0.15, 0.2) is 6.29 Å². The number of fused-ring (bicyclic) bond motifs is 5. The predicted molar refractivity (Wildman–Crippen MR) is 151 cm³/mol. The molecule has 5 fully saturated rings. The number of carbonyl (C=O) groups excluding carboxylic acids is 1. The molecule has 0 aromatic carbocycles. The van der Waals surface area contributed by atoms with Crippen molar-refractivity contribution in [3.8, 4) is 0 Å². The van der Waals surface area contributed by atoms with Gasteiger partial charge in [-0.15, -0.1) is 6.58 Å². The fourth-order valence-corrected chi connectivity index (χ4v) is 10.1. The van der Waals surface area contributed by atoms with Crippen molar-refractivity contribution >= 4 is 12.2 Å². The molecular formula is C32H47NO8. The summed E-state index contributed by atoms with van der Waals surface area (Å²) in [5.74, 6) is -0.101. The van der Waals surface area contributed by atoms with Crippen LogP contribution in [0.5, 0.6) is 0 Å². The number of hydrogen-bond acceptors (Lipinski definition) is 9. The molecule has 4 aliphatic carbocycles. The summed E-state index contributed by atoms with van der Waals surface area (Å²) in [6.45, 7) is 8.54. The van der Waals surface area contributed by atoms with E-state index in [0.717, 1.165) is 24.8 Å². The molecule has 0 aromatic rings. The summed E-state index contributed by atoms with van der Waals surface area (Å²) in [5.41, 5.74) is -1.91. The molecule has 12 atom stereocenters. The molecule has 4 N–H and O–H groups in total. The second kappa shape index (κ2) is 10.5. The van der Waals surface area contributed by atoms with E-state index in [1.54, 1.807) is 19.1 Å². The van der Waals surface area contributed by atoms with Crippen molar-refractivity contribution in [3.63, 3.8) is 0 Å². The van der Waals surface area contributed by atoms with Crippen LogP contribution >= 0.6 is 0 Å². The van der Waals surface area contributed by atoms with Crippen LogP contribution in [0.15, 0.2) is 29.3 Å². The average Bonchev–Trinajstić information content (AvgIpc) is 3.47. The zero-order valence-corrected chi connectivity index (χ0v) is 24.4. The molecule has 4 saturated carbocycles. The first-order chi connectivity index (χ1) is 19.5. The number of nitrogens with zero attached hydrogens (tertiary/aromatic N) is 1. The molecule has 2 aliphatic heterocycles. The van der Waals surface area contributed by atoms with Crippen molar-refractivity contribution in [1.29, 1.82) is 0 Å². The number of hydrogen-bond donors (Lipinski definition) is 4. The molecule has 1 saturated heterocycles. The van der Waals surface area contributed by atoms with Crippen LogP contribution in [0.2, 0.25) is 0 Å². The average molecular weight is 574 g/mol. The summed E-state index contributed by atoms with van der Waals surface area (Å²) < 4.78 is 17.4. The van der Waals surface area contributed by atoms with Crippen molar-refractivity contribution in [2.45, 2.75) is 120 Å². The van der Waals surface area contributed by atoms with Crippen molar-refractivity contribution in [2.75, 3.05) is 13.2 Å². The smallest absolute Gasteiger partial charge is 0.331 e. The number of aliphatic hydroxyl groups excluding tert-OH is 2. The highest BCUT2D eigenvalue weighted by Gasteiger charge is 2.71. The number of ether oxygens (including phenoxy) is 3. The highest BCUT2D eigenvalue weighted by atomic mass is 16.7. The second-order valence-corrected chi connectivity index (χ2v) is 14.0. The Morgan fingerprint density at radius 1 is 1.12 bits per heavy atom. The van der Waals surface area contributed by atoms with E-state index in [0.29, 0.717) is 51.7 Å². The Morgan fingerprint density at radius 3 is 2.61 bits per heavy atom.